The molecule has 3 N–H and O–H groups in total. The lowest BCUT2D eigenvalue weighted by Crippen LogP contribution is -2.37. The normalized spacial score (nSPS) is 19.2. The van der Waals surface area contributed by atoms with Gasteiger partial charge in [-0.15, -0.1) is 0 Å². The minimum atomic E-state index is -3.66. The number of carbonyl (C=O) groups excluding carboxylic acids is 1. The van der Waals surface area contributed by atoms with Crippen molar-refractivity contribution in [2.75, 3.05) is 19.6 Å². The number of hydrogen-bond acceptors (Lipinski definition) is 5. The average Bonchev–Trinajstić information content (AvgIpc) is 2.96. The highest BCUT2D eigenvalue weighted by Gasteiger charge is 2.31. The molecule has 1 aromatic heterocycles. The molecule has 8 nitrogen and oxygen atoms in total. The Hall–Kier alpha value is -2.23. The molecule has 1 saturated heterocycles. The summed E-state index contributed by atoms with van der Waals surface area (Å²) in [6.45, 7) is 5.31. The lowest BCUT2D eigenvalue weighted by Gasteiger charge is -2.25. The molecule has 180 valence electrons. The number of benzene rings is 1. The Kier molecular flexibility index (Phi) is 7.51. The lowest BCUT2D eigenvalue weighted by molar-refractivity contribution is 0.0753. The van der Waals surface area contributed by atoms with Gasteiger partial charge < -0.3 is 10.2 Å². The van der Waals surface area contributed by atoms with Gasteiger partial charge in [0.1, 0.15) is 0 Å². The predicted octanol–water partition coefficient (Wildman–Crippen LogP) is 2.26. The molecular weight excluding hydrogens is 438 g/mol. The number of amides is 1. The Balaban J connectivity index is 1.40. The summed E-state index contributed by atoms with van der Waals surface area (Å²) in [4.78, 5) is 15.5. The summed E-state index contributed by atoms with van der Waals surface area (Å²) >= 11 is 0. The number of likely N-dealkylation sites (tertiary alicyclic amines) is 1. The molecular formula is C24H35N5O3S. The van der Waals surface area contributed by atoms with Crippen LogP contribution in [0.3, 0.4) is 0 Å². The van der Waals surface area contributed by atoms with Crippen LogP contribution in [0.25, 0.3) is 0 Å². The van der Waals surface area contributed by atoms with Crippen molar-refractivity contribution in [1.82, 2.24) is 20.0 Å². The van der Waals surface area contributed by atoms with Gasteiger partial charge in [0.05, 0.1) is 4.90 Å². The molecule has 2 aromatic rings. The predicted molar refractivity (Wildman–Crippen MR) is 128 cm³/mol. The van der Waals surface area contributed by atoms with Crippen molar-refractivity contribution in [2.45, 2.75) is 75.8 Å². The molecule has 0 saturated carbocycles. The van der Waals surface area contributed by atoms with Gasteiger partial charge in [0.2, 0.25) is 10.0 Å². The molecule has 4 rings (SSSR count). The van der Waals surface area contributed by atoms with E-state index in [4.69, 9.17) is 10.2 Å². The van der Waals surface area contributed by atoms with Gasteiger partial charge in [-0.2, -0.15) is 5.10 Å². The fourth-order valence-electron chi connectivity index (χ4n) is 4.99. The summed E-state index contributed by atoms with van der Waals surface area (Å²) in [7, 11) is -3.66. The van der Waals surface area contributed by atoms with E-state index in [1.54, 1.807) is 12.1 Å². The van der Waals surface area contributed by atoms with E-state index in [1.807, 2.05) is 21.7 Å². The van der Waals surface area contributed by atoms with Gasteiger partial charge in [-0.05, 0) is 69.7 Å². The molecule has 0 spiro atoms. The van der Waals surface area contributed by atoms with Crippen molar-refractivity contribution in [3.63, 3.8) is 0 Å². The molecule has 2 aliphatic rings. The van der Waals surface area contributed by atoms with E-state index in [1.165, 1.54) is 18.5 Å². The number of nitrogens with zero attached hydrogens (tertiary/aromatic N) is 3. The van der Waals surface area contributed by atoms with Crippen molar-refractivity contribution in [1.29, 1.82) is 0 Å². The third-order valence-corrected chi connectivity index (χ3v) is 7.77. The van der Waals surface area contributed by atoms with E-state index < -0.39 is 10.0 Å². The maximum atomic E-state index is 13.3. The molecule has 1 fully saturated rings. The minimum absolute atomic E-state index is 0.0935. The zero-order valence-electron chi connectivity index (χ0n) is 19.4. The van der Waals surface area contributed by atoms with Gasteiger partial charge in [0, 0.05) is 36.9 Å². The van der Waals surface area contributed by atoms with Gasteiger partial charge in [0.15, 0.2) is 5.69 Å². The lowest BCUT2D eigenvalue weighted by atomic mass is 9.91. The highest BCUT2D eigenvalue weighted by atomic mass is 32.2. The number of hydrogen-bond donors (Lipinski definition) is 2. The molecule has 9 heteroatoms. The second-order valence-electron chi connectivity index (χ2n) is 9.13. The molecule has 1 aromatic carbocycles. The number of nitrogens with one attached hydrogen (secondary N) is 1. The molecule has 1 aliphatic carbocycles. The van der Waals surface area contributed by atoms with Crippen molar-refractivity contribution in [3.05, 3.63) is 46.8 Å². The van der Waals surface area contributed by atoms with Crippen molar-refractivity contribution in [3.8, 4) is 0 Å². The molecule has 2 heterocycles. The maximum absolute atomic E-state index is 13.3. The quantitative estimate of drug-likeness (QED) is 0.641. The first-order chi connectivity index (χ1) is 15.9. The maximum Gasteiger partial charge on any atom is 0.274 e. The number of primary sulfonamides is 1. The fraction of sp³-hybridized carbons (Fsp3) is 0.583. The van der Waals surface area contributed by atoms with Gasteiger partial charge in [-0.3, -0.25) is 9.48 Å². The van der Waals surface area contributed by atoms with Crippen molar-refractivity contribution in [2.24, 2.45) is 5.14 Å². The highest BCUT2D eigenvalue weighted by molar-refractivity contribution is 7.89. The second-order valence-corrected chi connectivity index (χ2v) is 10.7. The standard InChI is InChI=1S/C24H35N5O3S/c1-2-29-22-12-9-19(26-14-13-18-7-10-20(11-8-18)33(25,31)32)17-21(22)23(27-29)24(30)28-15-5-3-4-6-16-28/h7-8,10-11,19,26H,2-6,9,12-17H2,1H3,(H2,25,31,32). The SMILES string of the molecule is CCn1nc(C(=O)N2CCCCCC2)c2c1CCC(NCCc1ccc(S(N)(=O)=O)cc1)C2. The van der Waals surface area contributed by atoms with E-state index in [-0.39, 0.29) is 10.8 Å². The summed E-state index contributed by atoms with van der Waals surface area (Å²) in [5.74, 6) is 0.0935. The van der Waals surface area contributed by atoms with Crippen LogP contribution < -0.4 is 10.5 Å². The van der Waals surface area contributed by atoms with E-state index in [9.17, 15) is 13.2 Å². The van der Waals surface area contributed by atoms with Crippen LogP contribution in [0.5, 0.6) is 0 Å². The number of rotatable bonds is 7. The van der Waals surface area contributed by atoms with Crippen LogP contribution >= 0.6 is 0 Å². The van der Waals surface area contributed by atoms with E-state index in [0.29, 0.717) is 11.7 Å². The highest BCUT2D eigenvalue weighted by Crippen LogP contribution is 2.27. The van der Waals surface area contributed by atoms with Gasteiger partial charge >= 0.3 is 0 Å². The monoisotopic (exact) mass is 473 g/mol. The van der Waals surface area contributed by atoms with E-state index in [2.05, 4.69) is 12.2 Å². The Bertz CT molecular complexity index is 1070. The zero-order valence-corrected chi connectivity index (χ0v) is 20.2. The smallest absolute Gasteiger partial charge is 0.274 e. The summed E-state index contributed by atoms with van der Waals surface area (Å²) in [5.41, 5.74) is 4.04. The molecule has 0 bridgehead atoms. The van der Waals surface area contributed by atoms with Crippen molar-refractivity contribution >= 4 is 15.9 Å². The van der Waals surface area contributed by atoms with Crippen LogP contribution in [-0.2, 0) is 35.8 Å². The number of carbonyl (C=O) groups is 1. The molecule has 33 heavy (non-hydrogen) atoms. The molecule has 1 amide bonds. The average molecular weight is 474 g/mol. The number of aromatic nitrogens is 2. The Labute approximate surface area is 196 Å². The largest absolute Gasteiger partial charge is 0.337 e. The van der Waals surface area contributed by atoms with Gasteiger partial charge in [-0.25, -0.2) is 13.6 Å². The summed E-state index contributed by atoms with van der Waals surface area (Å²) < 4.78 is 24.8. The molecule has 1 aliphatic heterocycles. The zero-order chi connectivity index (χ0) is 23.4. The van der Waals surface area contributed by atoms with Gasteiger partial charge in [-0.1, -0.05) is 25.0 Å². The van der Waals surface area contributed by atoms with Crippen LogP contribution in [-0.4, -0.2) is 54.7 Å². The summed E-state index contributed by atoms with van der Waals surface area (Å²) in [6.07, 6.45) is 8.08. The van der Waals surface area contributed by atoms with E-state index >= 15 is 0 Å². The molecule has 1 atom stereocenters. The van der Waals surface area contributed by atoms with Crippen LogP contribution in [0.2, 0.25) is 0 Å². The third kappa shape index (κ3) is 5.65. The first kappa shape index (κ1) is 23.9. The second kappa shape index (κ2) is 10.4. The summed E-state index contributed by atoms with van der Waals surface area (Å²) in [6, 6.07) is 7.02. The number of aryl methyl sites for hydroxylation is 1. The fourth-order valence-corrected chi connectivity index (χ4v) is 5.50. The van der Waals surface area contributed by atoms with Crippen LogP contribution in [0.4, 0.5) is 0 Å². The molecule has 0 radical (unpaired) electrons. The minimum Gasteiger partial charge on any atom is -0.337 e. The Morgan fingerprint density at radius 3 is 2.48 bits per heavy atom. The van der Waals surface area contributed by atoms with Crippen LogP contribution in [0, 0.1) is 0 Å². The molecule has 1 unspecified atom stereocenters. The van der Waals surface area contributed by atoms with E-state index in [0.717, 1.165) is 75.8 Å². The van der Waals surface area contributed by atoms with Crippen molar-refractivity contribution < 1.29 is 13.2 Å². The third-order valence-electron chi connectivity index (χ3n) is 6.84. The summed E-state index contributed by atoms with van der Waals surface area (Å²) in [5, 5.41) is 13.5. The van der Waals surface area contributed by atoms with Gasteiger partial charge in [0.25, 0.3) is 5.91 Å². The topological polar surface area (TPSA) is 110 Å². The first-order valence-electron chi connectivity index (χ1n) is 12.1. The number of fused-ring (bicyclic) bond motifs is 1. The van der Waals surface area contributed by atoms with Crippen LogP contribution in [0.15, 0.2) is 29.2 Å². The first-order valence-corrected chi connectivity index (χ1v) is 13.6. The Morgan fingerprint density at radius 2 is 1.85 bits per heavy atom. The Morgan fingerprint density at radius 1 is 1.15 bits per heavy atom. The number of sulfonamides is 1. The number of nitrogens with two attached hydrogens (primary N) is 1. The van der Waals surface area contributed by atoms with Crippen LogP contribution in [0.1, 0.15) is 66.3 Å².